The molecule has 3 heteroatoms. The Morgan fingerprint density at radius 3 is 2.38 bits per heavy atom. The van der Waals surface area contributed by atoms with E-state index in [0.717, 1.165) is 31.2 Å². The standard InChI is InChI=1S/C23H25ClO2/c24-19-14-12-17(13-15-19)21(16-23(26)18-8-4-3-5-9-18)20-10-6-1-2-7-11-22(20)25/h3-5,8-9,12-15,20-21H,1-2,6-7,10-11,16H2/t20-,21+/m1/s1. The molecule has 0 bridgehead atoms. The van der Waals surface area contributed by atoms with E-state index in [1.165, 1.54) is 6.42 Å². The molecule has 1 fully saturated rings. The summed E-state index contributed by atoms with van der Waals surface area (Å²) in [6.45, 7) is 0. The van der Waals surface area contributed by atoms with Crippen LogP contribution in [0.5, 0.6) is 0 Å². The Balaban J connectivity index is 1.89. The van der Waals surface area contributed by atoms with Crippen LogP contribution in [0.15, 0.2) is 54.6 Å². The number of ketones is 2. The molecule has 1 aliphatic rings. The van der Waals surface area contributed by atoms with Crippen LogP contribution in [0.4, 0.5) is 0 Å². The lowest BCUT2D eigenvalue weighted by atomic mass is 9.75. The first-order valence-electron chi connectivity index (χ1n) is 9.51. The van der Waals surface area contributed by atoms with Crippen molar-refractivity contribution in [1.82, 2.24) is 0 Å². The summed E-state index contributed by atoms with van der Waals surface area (Å²) in [4.78, 5) is 25.7. The van der Waals surface area contributed by atoms with Gasteiger partial charge in [-0.25, -0.2) is 0 Å². The van der Waals surface area contributed by atoms with Gasteiger partial charge in [-0.15, -0.1) is 0 Å². The zero-order chi connectivity index (χ0) is 18.4. The lowest BCUT2D eigenvalue weighted by Crippen LogP contribution is -2.26. The highest BCUT2D eigenvalue weighted by Gasteiger charge is 2.31. The molecule has 26 heavy (non-hydrogen) atoms. The number of halogens is 1. The first-order chi connectivity index (χ1) is 12.6. The van der Waals surface area contributed by atoms with E-state index in [1.54, 1.807) is 0 Å². The second-order valence-corrected chi connectivity index (χ2v) is 7.61. The van der Waals surface area contributed by atoms with Crippen molar-refractivity contribution in [3.8, 4) is 0 Å². The van der Waals surface area contributed by atoms with Crippen LogP contribution in [0.2, 0.25) is 5.02 Å². The summed E-state index contributed by atoms with van der Waals surface area (Å²) in [5, 5.41) is 0.672. The minimum atomic E-state index is -0.0795. The molecule has 1 aliphatic carbocycles. The van der Waals surface area contributed by atoms with E-state index in [1.807, 2.05) is 54.6 Å². The minimum Gasteiger partial charge on any atom is -0.299 e. The van der Waals surface area contributed by atoms with Gasteiger partial charge in [0.05, 0.1) is 0 Å². The van der Waals surface area contributed by atoms with Crippen LogP contribution in [0.3, 0.4) is 0 Å². The van der Waals surface area contributed by atoms with Crippen molar-refractivity contribution in [2.45, 2.75) is 50.9 Å². The van der Waals surface area contributed by atoms with Gasteiger partial charge < -0.3 is 0 Å². The zero-order valence-corrected chi connectivity index (χ0v) is 15.8. The molecule has 136 valence electrons. The average Bonchev–Trinajstić information content (AvgIpc) is 2.65. The zero-order valence-electron chi connectivity index (χ0n) is 15.0. The van der Waals surface area contributed by atoms with Crippen LogP contribution < -0.4 is 0 Å². The summed E-state index contributed by atoms with van der Waals surface area (Å²) in [5.41, 5.74) is 1.75. The van der Waals surface area contributed by atoms with Crippen molar-refractivity contribution < 1.29 is 9.59 Å². The smallest absolute Gasteiger partial charge is 0.163 e. The summed E-state index contributed by atoms with van der Waals surface area (Å²) < 4.78 is 0. The number of hydrogen-bond donors (Lipinski definition) is 0. The fraction of sp³-hybridized carbons (Fsp3) is 0.391. The average molecular weight is 369 g/mol. The van der Waals surface area contributed by atoms with Gasteiger partial charge in [-0.2, -0.15) is 0 Å². The fourth-order valence-electron chi connectivity index (χ4n) is 3.93. The van der Waals surface area contributed by atoms with Crippen molar-refractivity contribution in [3.05, 3.63) is 70.7 Å². The van der Waals surface area contributed by atoms with Gasteiger partial charge in [-0.05, 0) is 30.5 Å². The molecule has 2 aromatic carbocycles. The second kappa shape index (κ2) is 9.14. The summed E-state index contributed by atoms with van der Waals surface area (Å²) in [7, 11) is 0. The van der Waals surface area contributed by atoms with Crippen LogP contribution in [0.25, 0.3) is 0 Å². The van der Waals surface area contributed by atoms with Gasteiger partial charge in [0.15, 0.2) is 5.78 Å². The van der Waals surface area contributed by atoms with E-state index in [9.17, 15) is 9.59 Å². The molecule has 0 N–H and O–H groups in total. The van der Waals surface area contributed by atoms with Crippen LogP contribution >= 0.6 is 11.6 Å². The molecule has 0 unspecified atom stereocenters. The predicted molar refractivity (Wildman–Crippen MR) is 106 cm³/mol. The van der Waals surface area contributed by atoms with E-state index in [2.05, 4.69) is 0 Å². The number of Topliss-reactive ketones (excluding diaryl/α,β-unsaturated/α-hetero) is 2. The van der Waals surface area contributed by atoms with Crippen molar-refractivity contribution in [2.75, 3.05) is 0 Å². The van der Waals surface area contributed by atoms with Crippen LogP contribution in [-0.2, 0) is 4.79 Å². The SMILES string of the molecule is O=C(C[C@@H](c1ccc(Cl)cc1)[C@H]1CCCCCCC1=O)c1ccccc1. The Morgan fingerprint density at radius 1 is 0.962 bits per heavy atom. The molecule has 2 atom stereocenters. The molecule has 0 radical (unpaired) electrons. The summed E-state index contributed by atoms with van der Waals surface area (Å²) in [6.07, 6.45) is 6.19. The summed E-state index contributed by atoms with van der Waals surface area (Å²) in [5.74, 6) is 0.251. The van der Waals surface area contributed by atoms with Crippen molar-refractivity contribution >= 4 is 23.2 Å². The third-order valence-electron chi connectivity index (χ3n) is 5.39. The third-order valence-corrected chi connectivity index (χ3v) is 5.64. The Hall–Kier alpha value is -1.93. The van der Waals surface area contributed by atoms with Gasteiger partial charge in [-0.3, -0.25) is 9.59 Å². The predicted octanol–water partition coefficient (Wildman–Crippen LogP) is 6.24. The second-order valence-electron chi connectivity index (χ2n) is 7.18. The van der Waals surface area contributed by atoms with Gasteiger partial charge in [0.1, 0.15) is 5.78 Å². The number of hydrogen-bond acceptors (Lipinski definition) is 2. The monoisotopic (exact) mass is 368 g/mol. The largest absolute Gasteiger partial charge is 0.299 e. The maximum absolute atomic E-state index is 12.9. The molecular weight excluding hydrogens is 344 g/mol. The molecule has 0 aliphatic heterocycles. The van der Waals surface area contributed by atoms with Gasteiger partial charge in [0.25, 0.3) is 0 Å². The van der Waals surface area contributed by atoms with E-state index in [4.69, 9.17) is 11.6 Å². The van der Waals surface area contributed by atoms with Crippen molar-refractivity contribution in [2.24, 2.45) is 5.92 Å². The number of benzene rings is 2. The summed E-state index contributed by atoms with van der Waals surface area (Å²) in [6, 6.07) is 17.0. The normalized spacial score (nSPS) is 19.4. The maximum atomic E-state index is 12.9. The van der Waals surface area contributed by atoms with Crippen molar-refractivity contribution in [1.29, 1.82) is 0 Å². The number of rotatable bonds is 5. The lowest BCUT2D eigenvalue weighted by Gasteiger charge is -2.28. The first kappa shape index (κ1) is 18.8. The Morgan fingerprint density at radius 2 is 1.65 bits per heavy atom. The highest BCUT2D eigenvalue weighted by atomic mass is 35.5. The molecule has 0 amide bonds. The van der Waals surface area contributed by atoms with E-state index in [0.29, 0.717) is 29.2 Å². The molecule has 0 spiro atoms. The molecule has 2 nitrogen and oxygen atoms in total. The molecule has 0 saturated heterocycles. The fourth-order valence-corrected chi connectivity index (χ4v) is 4.06. The topological polar surface area (TPSA) is 34.1 Å². The molecule has 0 aromatic heterocycles. The number of carbonyl (C=O) groups excluding carboxylic acids is 2. The third kappa shape index (κ3) is 4.82. The van der Waals surface area contributed by atoms with Gasteiger partial charge in [0.2, 0.25) is 0 Å². The molecular formula is C23H25ClO2. The van der Waals surface area contributed by atoms with Gasteiger partial charge in [-0.1, -0.05) is 73.3 Å². The number of carbonyl (C=O) groups is 2. The highest BCUT2D eigenvalue weighted by Crippen LogP contribution is 2.36. The highest BCUT2D eigenvalue weighted by molar-refractivity contribution is 6.30. The quantitative estimate of drug-likeness (QED) is 0.585. The summed E-state index contributed by atoms with van der Waals surface area (Å²) >= 11 is 6.05. The van der Waals surface area contributed by atoms with E-state index >= 15 is 0 Å². The van der Waals surface area contributed by atoms with Crippen molar-refractivity contribution in [3.63, 3.8) is 0 Å². The molecule has 0 heterocycles. The van der Waals surface area contributed by atoms with Gasteiger partial charge in [0, 0.05) is 35.3 Å². The van der Waals surface area contributed by atoms with Gasteiger partial charge >= 0.3 is 0 Å². The molecule has 2 aromatic rings. The Bertz CT molecular complexity index is 737. The van der Waals surface area contributed by atoms with Crippen LogP contribution in [0, 0.1) is 5.92 Å². The maximum Gasteiger partial charge on any atom is 0.163 e. The van der Waals surface area contributed by atoms with Crippen LogP contribution in [0.1, 0.15) is 66.8 Å². The molecule has 1 saturated carbocycles. The lowest BCUT2D eigenvalue weighted by molar-refractivity contribution is -0.124. The first-order valence-corrected chi connectivity index (χ1v) is 9.89. The van der Waals surface area contributed by atoms with Crippen LogP contribution in [-0.4, -0.2) is 11.6 Å². The van der Waals surface area contributed by atoms with E-state index in [-0.39, 0.29) is 17.6 Å². The van der Waals surface area contributed by atoms with E-state index < -0.39 is 0 Å². The minimum absolute atomic E-state index is 0.0782. The molecule has 3 rings (SSSR count). The Kier molecular flexibility index (Phi) is 6.62. The Labute approximate surface area is 160 Å².